The van der Waals surface area contributed by atoms with E-state index in [1.807, 2.05) is 12.5 Å². The summed E-state index contributed by atoms with van der Waals surface area (Å²) in [5.74, 6) is 1.34. The molecular formula is C8H14N4O2S. The lowest BCUT2D eigenvalue weighted by Gasteiger charge is -2.16. The summed E-state index contributed by atoms with van der Waals surface area (Å²) in [7, 11) is 3.63. The van der Waals surface area contributed by atoms with Gasteiger partial charge in [0.1, 0.15) is 0 Å². The molecule has 2 N–H and O–H groups in total. The molecule has 0 aliphatic carbocycles. The van der Waals surface area contributed by atoms with Gasteiger partial charge >= 0.3 is 0 Å². The van der Waals surface area contributed by atoms with Gasteiger partial charge in [-0.2, -0.15) is 0 Å². The summed E-state index contributed by atoms with van der Waals surface area (Å²) in [4.78, 5) is 11.9. The van der Waals surface area contributed by atoms with E-state index in [0.717, 1.165) is 17.8 Å². The molecule has 0 fully saturated rings. The standard InChI is InChI=1S/C8H14N4O2S/c1-9-8(4-12(13)14)10-3-7-5-15-6-11(7)2/h4-5,9-10H,3,6H2,1-2H3. The van der Waals surface area contributed by atoms with Gasteiger partial charge in [0.05, 0.1) is 17.3 Å². The fourth-order valence-corrected chi connectivity index (χ4v) is 2.00. The van der Waals surface area contributed by atoms with Crippen molar-refractivity contribution >= 4 is 11.8 Å². The second-order valence-electron chi connectivity index (χ2n) is 3.03. The van der Waals surface area contributed by atoms with Crippen LogP contribution < -0.4 is 10.6 Å². The second-order valence-corrected chi connectivity index (χ2v) is 3.86. The molecule has 0 atom stereocenters. The molecule has 0 saturated heterocycles. The molecule has 6 nitrogen and oxygen atoms in total. The van der Waals surface area contributed by atoms with Gasteiger partial charge in [-0.05, 0) is 5.41 Å². The first kappa shape index (κ1) is 11.7. The van der Waals surface area contributed by atoms with E-state index in [2.05, 4.69) is 15.5 Å². The number of likely N-dealkylation sites (N-methyl/N-ethyl adjacent to an activating group) is 1. The zero-order valence-electron chi connectivity index (χ0n) is 8.69. The SMILES string of the molecule is CNC(=C[N+](=O)[O-])NCC1=CSCN1C. The Labute approximate surface area is 92.5 Å². The van der Waals surface area contributed by atoms with Crippen LogP contribution in [-0.2, 0) is 0 Å². The van der Waals surface area contributed by atoms with Gasteiger partial charge in [0, 0.05) is 19.8 Å². The van der Waals surface area contributed by atoms with Crippen LogP contribution >= 0.6 is 11.8 Å². The number of thioether (sulfide) groups is 1. The molecule has 0 aromatic carbocycles. The third-order valence-corrected chi connectivity index (χ3v) is 2.92. The summed E-state index contributed by atoms with van der Waals surface area (Å²) in [6, 6.07) is 0. The van der Waals surface area contributed by atoms with Gasteiger partial charge in [0.2, 0.25) is 0 Å². The number of hydrogen-bond donors (Lipinski definition) is 2. The Kier molecular flexibility index (Phi) is 4.29. The van der Waals surface area contributed by atoms with Crippen molar-refractivity contribution in [3.05, 3.63) is 33.2 Å². The van der Waals surface area contributed by atoms with E-state index in [4.69, 9.17) is 0 Å². The maximum absolute atomic E-state index is 10.2. The third-order valence-electron chi connectivity index (χ3n) is 1.94. The lowest BCUT2D eigenvalue weighted by Crippen LogP contribution is -2.29. The molecule has 1 aliphatic rings. The number of nitrogens with zero attached hydrogens (tertiary/aromatic N) is 2. The van der Waals surface area contributed by atoms with E-state index >= 15 is 0 Å². The van der Waals surface area contributed by atoms with Crippen molar-refractivity contribution in [1.29, 1.82) is 0 Å². The summed E-state index contributed by atoms with van der Waals surface area (Å²) in [5, 5.41) is 18.0. The van der Waals surface area contributed by atoms with E-state index in [1.165, 1.54) is 0 Å². The van der Waals surface area contributed by atoms with Crippen molar-refractivity contribution in [2.75, 3.05) is 26.5 Å². The molecule has 0 bridgehead atoms. The van der Waals surface area contributed by atoms with E-state index < -0.39 is 4.92 Å². The molecule has 84 valence electrons. The van der Waals surface area contributed by atoms with Crippen LogP contribution in [0.3, 0.4) is 0 Å². The largest absolute Gasteiger partial charge is 0.370 e. The smallest absolute Gasteiger partial charge is 0.274 e. The van der Waals surface area contributed by atoms with Gasteiger partial charge < -0.3 is 15.5 Å². The van der Waals surface area contributed by atoms with Gasteiger partial charge in [-0.3, -0.25) is 10.1 Å². The van der Waals surface area contributed by atoms with E-state index in [9.17, 15) is 10.1 Å². The fourth-order valence-electron chi connectivity index (χ4n) is 1.08. The summed E-state index contributed by atoms with van der Waals surface area (Å²) in [6.45, 7) is 0.587. The fraction of sp³-hybridized carbons (Fsp3) is 0.500. The maximum Gasteiger partial charge on any atom is 0.274 e. The second kappa shape index (κ2) is 5.50. The van der Waals surface area contributed by atoms with E-state index in [0.29, 0.717) is 12.4 Å². The number of hydrogen-bond acceptors (Lipinski definition) is 6. The third kappa shape index (κ3) is 3.70. The Morgan fingerprint density at radius 2 is 2.60 bits per heavy atom. The highest BCUT2D eigenvalue weighted by Gasteiger charge is 2.11. The van der Waals surface area contributed by atoms with Crippen molar-refractivity contribution < 1.29 is 4.92 Å². The monoisotopic (exact) mass is 230 g/mol. The Bertz CT molecular complexity index is 303. The van der Waals surface area contributed by atoms with Crippen molar-refractivity contribution in [2.24, 2.45) is 0 Å². The zero-order valence-corrected chi connectivity index (χ0v) is 9.50. The van der Waals surface area contributed by atoms with Crippen LogP contribution in [0.25, 0.3) is 0 Å². The molecule has 1 aliphatic heterocycles. The van der Waals surface area contributed by atoms with Gasteiger partial charge in [-0.1, -0.05) is 0 Å². The van der Waals surface area contributed by atoms with Gasteiger partial charge in [0.15, 0.2) is 5.82 Å². The van der Waals surface area contributed by atoms with Crippen LogP contribution in [0.5, 0.6) is 0 Å². The predicted octanol–water partition coefficient (Wildman–Crippen LogP) is 0.348. The molecule has 0 unspecified atom stereocenters. The Morgan fingerprint density at radius 3 is 3.07 bits per heavy atom. The highest BCUT2D eigenvalue weighted by atomic mass is 32.2. The maximum atomic E-state index is 10.2. The molecular weight excluding hydrogens is 216 g/mol. The summed E-state index contributed by atoms with van der Waals surface area (Å²) in [5.41, 5.74) is 1.13. The molecule has 1 heterocycles. The first-order valence-corrected chi connectivity index (χ1v) is 5.47. The van der Waals surface area contributed by atoms with Crippen molar-refractivity contribution in [3.8, 4) is 0 Å². The van der Waals surface area contributed by atoms with Crippen molar-refractivity contribution in [3.63, 3.8) is 0 Å². The van der Waals surface area contributed by atoms with Gasteiger partial charge in [-0.15, -0.1) is 11.8 Å². The van der Waals surface area contributed by atoms with E-state index in [-0.39, 0.29) is 0 Å². The Morgan fingerprint density at radius 1 is 1.87 bits per heavy atom. The molecule has 0 saturated carbocycles. The number of nitrogens with one attached hydrogen (secondary N) is 2. The lowest BCUT2D eigenvalue weighted by molar-refractivity contribution is -0.404. The number of nitro groups is 1. The predicted molar refractivity (Wildman–Crippen MR) is 60.4 cm³/mol. The molecule has 0 spiro atoms. The summed E-state index contributed by atoms with van der Waals surface area (Å²) < 4.78 is 0. The Balaban J connectivity index is 2.44. The molecule has 0 amide bonds. The van der Waals surface area contributed by atoms with Crippen LogP contribution in [0.4, 0.5) is 0 Å². The molecule has 7 heteroatoms. The number of rotatable bonds is 5. The average Bonchev–Trinajstić information content (AvgIpc) is 2.58. The highest BCUT2D eigenvalue weighted by Crippen LogP contribution is 2.20. The topological polar surface area (TPSA) is 70.4 Å². The van der Waals surface area contributed by atoms with Crippen LogP contribution in [-0.4, -0.2) is 36.3 Å². The van der Waals surface area contributed by atoms with Crippen LogP contribution in [0.1, 0.15) is 0 Å². The molecule has 0 radical (unpaired) electrons. The van der Waals surface area contributed by atoms with Gasteiger partial charge in [-0.25, -0.2) is 0 Å². The molecule has 1 rings (SSSR count). The minimum atomic E-state index is -0.486. The quantitative estimate of drug-likeness (QED) is 0.524. The average molecular weight is 230 g/mol. The summed E-state index contributed by atoms with van der Waals surface area (Å²) >= 11 is 1.71. The molecule has 0 aromatic rings. The van der Waals surface area contributed by atoms with Crippen LogP contribution in [0, 0.1) is 10.1 Å². The highest BCUT2D eigenvalue weighted by molar-refractivity contribution is 8.02. The zero-order chi connectivity index (χ0) is 11.3. The normalized spacial score (nSPS) is 16.3. The van der Waals surface area contributed by atoms with Crippen molar-refractivity contribution in [1.82, 2.24) is 15.5 Å². The van der Waals surface area contributed by atoms with Crippen molar-refractivity contribution in [2.45, 2.75) is 0 Å². The van der Waals surface area contributed by atoms with Crippen LogP contribution in [0.2, 0.25) is 0 Å². The minimum absolute atomic E-state index is 0.409. The van der Waals surface area contributed by atoms with Crippen LogP contribution in [0.15, 0.2) is 23.1 Å². The first-order chi connectivity index (χ1) is 7.13. The van der Waals surface area contributed by atoms with Gasteiger partial charge in [0.25, 0.3) is 6.20 Å². The first-order valence-electron chi connectivity index (χ1n) is 4.42. The van der Waals surface area contributed by atoms with E-state index in [1.54, 1.807) is 18.8 Å². The summed E-state index contributed by atoms with van der Waals surface area (Å²) in [6.07, 6.45) is 0.919. The Hall–Kier alpha value is -1.37. The minimum Gasteiger partial charge on any atom is -0.370 e. The molecule has 15 heavy (non-hydrogen) atoms. The molecule has 0 aromatic heterocycles. The lowest BCUT2D eigenvalue weighted by atomic mass is 10.4.